The first kappa shape index (κ1) is 14.6. The summed E-state index contributed by atoms with van der Waals surface area (Å²) in [6, 6.07) is 17.3. The Balaban J connectivity index is 1.91. The number of nitrogens with two attached hydrogens (primary N) is 2. The first-order chi connectivity index (χ1) is 11.6. The maximum Gasteiger partial charge on any atom is 0.0461 e. The predicted octanol–water partition coefficient (Wildman–Crippen LogP) is 5.36. The van der Waals surface area contributed by atoms with Crippen LogP contribution in [0.25, 0.3) is 0 Å². The molecule has 0 aromatic heterocycles. The van der Waals surface area contributed by atoms with Gasteiger partial charge >= 0.3 is 0 Å². The summed E-state index contributed by atoms with van der Waals surface area (Å²) in [4.78, 5) is 0. The molecule has 3 aromatic carbocycles. The molecule has 6 rings (SSSR count). The summed E-state index contributed by atoms with van der Waals surface area (Å²) in [6.45, 7) is 0. The van der Waals surface area contributed by atoms with Crippen LogP contribution in [-0.2, 0) is 0 Å². The molecular formula is C20H14Br2N2. The molecule has 0 amide bonds. The predicted molar refractivity (Wildman–Crippen MR) is 105 cm³/mol. The van der Waals surface area contributed by atoms with Crippen LogP contribution in [0.3, 0.4) is 0 Å². The summed E-state index contributed by atoms with van der Waals surface area (Å²) < 4.78 is 1.91. The molecular weight excluding hydrogens is 428 g/mol. The van der Waals surface area contributed by atoms with Crippen LogP contribution in [0, 0.1) is 0 Å². The number of halogens is 2. The Bertz CT molecular complexity index is 886. The van der Waals surface area contributed by atoms with Gasteiger partial charge < -0.3 is 11.5 Å². The molecule has 4 heteroatoms. The average molecular weight is 442 g/mol. The zero-order chi connectivity index (χ0) is 16.6. The molecule has 2 bridgehead atoms. The molecule has 0 heterocycles. The van der Waals surface area contributed by atoms with Crippen LogP contribution in [0.15, 0.2) is 57.5 Å². The van der Waals surface area contributed by atoms with Crippen molar-refractivity contribution in [1.29, 1.82) is 0 Å². The van der Waals surface area contributed by atoms with Crippen molar-refractivity contribution in [3.05, 3.63) is 90.9 Å². The SMILES string of the molecule is Nc1cc2c(cc1Br)[C@@H]1c3ccccc3[C@@H]2c2cc(Br)c(N)cc21. The van der Waals surface area contributed by atoms with Crippen LogP contribution >= 0.6 is 31.9 Å². The molecule has 3 aromatic rings. The van der Waals surface area contributed by atoms with Gasteiger partial charge in [0.2, 0.25) is 0 Å². The first-order valence-electron chi connectivity index (χ1n) is 7.82. The van der Waals surface area contributed by atoms with E-state index in [4.69, 9.17) is 11.5 Å². The lowest BCUT2D eigenvalue weighted by atomic mass is 9.61. The molecule has 0 aliphatic heterocycles. The summed E-state index contributed by atoms with van der Waals surface area (Å²) in [6.07, 6.45) is 0. The Labute approximate surface area is 157 Å². The molecule has 3 aliphatic carbocycles. The van der Waals surface area contributed by atoms with Crippen molar-refractivity contribution in [2.75, 3.05) is 11.5 Å². The zero-order valence-electron chi connectivity index (χ0n) is 12.7. The monoisotopic (exact) mass is 440 g/mol. The minimum atomic E-state index is 0.212. The molecule has 0 spiro atoms. The van der Waals surface area contributed by atoms with Gasteiger partial charge in [0.05, 0.1) is 0 Å². The normalized spacial score (nSPS) is 19.6. The van der Waals surface area contributed by atoms with Crippen molar-refractivity contribution in [1.82, 2.24) is 0 Å². The minimum absolute atomic E-state index is 0.212. The lowest BCUT2D eigenvalue weighted by Crippen LogP contribution is -2.28. The Morgan fingerprint density at radius 3 is 1.38 bits per heavy atom. The molecule has 4 N–H and O–H groups in total. The molecule has 118 valence electrons. The second kappa shape index (κ2) is 4.87. The van der Waals surface area contributed by atoms with Gasteiger partial charge in [-0.05, 0) is 89.5 Å². The fraction of sp³-hybridized carbons (Fsp3) is 0.100. The largest absolute Gasteiger partial charge is 0.398 e. The number of nitrogen functional groups attached to an aromatic ring is 2. The van der Waals surface area contributed by atoms with Crippen molar-refractivity contribution in [3.8, 4) is 0 Å². The molecule has 0 radical (unpaired) electrons. The van der Waals surface area contributed by atoms with E-state index in [0.29, 0.717) is 0 Å². The molecule has 2 atom stereocenters. The minimum Gasteiger partial charge on any atom is -0.398 e. The smallest absolute Gasteiger partial charge is 0.0461 e. The molecule has 3 aliphatic rings. The van der Waals surface area contributed by atoms with Crippen molar-refractivity contribution >= 4 is 43.2 Å². The Kier molecular flexibility index (Phi) is 2.95. The maximum atomic E-state index is 6.19. The fourth-order valence-corrected chi connectivity index (χ4v) is 5.01. The molecule has 24 heavy (non-hydrogen) atoms. The highest BCUT2D eigenvalue weighted by Gasteiger charge is 2.41. The highest BCUT2D eigenvalue weighted by atomic mass is 79.9. The van der Waals surface area contributed by atoms with Gasteiger partial charge in [0.15, 0.2) is 0 Å². The van der Waals surface area contributed by atoms with Gasteiger partial charge in [-0.25, -0.2) is 0 Å². The van der Waals surface area contributed by atoms with E-state index < -0.39 is 0 Å². The molecule has 2 nitrogen and oxygen atoms in total. The zero-order valence-corrected chi connectivity index (χ0v) is 15.9. The van der Waals surface area contributed by atoms with Crippen LogP contribution in [0.1, 0.15) is 45.2 Å². The van der Waals surface area contributed by atoms with Crippen LogP contribution in [0.4, 0.5) is 11.4 Å². The summed E-state index contributed by atoms with van der Waals surface area (Å²) in [5.74, 6) is 0.423. The van der Waals surface area contributed by atoms with Crippen molar-refractivity contribution in [3.63, 3.8) is 0 Å². The van der Waals surface area contributed by atoms with E-state index in [2.05, 4.69) is 80.4 Å². The second-order valence-corrected chi connectivity index (χ2v) is 8.21. The maximum absolute atomic E-state index is 6.19. The Hall–Kier alpha value is -1.78. The fourth-order valence-electron chi connectivity index (χ4n) is 4.29. The van der Waals surface area contributed by atoms with Crippen LogP contribution in [0.5, 0.6) is 0 Å². The molecule has 0 unspecified atom stereocenters. The van der Waals surface area contributed by atoms with Gasteiger partial charge in [-0.15, -0.1) is 0 Å². The quantitative estimate of drug-likeness (QED) is 0.317. The van der Waals surface area contributed by atoms with E-state index in [1.807, 2.05) is 0 Å². The summed E-state index contributed by atoms with van der Waals surface area (Å²) in [5.41, 5.74) is 22.0. The highest BCUT2D eigenvalue weighted by Crippen LogP contribution is 2.57. The number of anilines is 2. The van der Waals surface area contributed by atoms with Gasteiger partial charge in [0, 0.05) is 32.2 Å². The van der Waals surface area contributed by atoms with Crippen LogP contribution in [-0.4, -0.2) is 0 Å². The lowest BCUT2D eigenvalue weighted by molar-refractivity contribution is 0.754. The lowest BCUT2D eigenvalue weighted by Gasteiger charge is -2.42. The average Bonchev–Trinajstić information content (AvgIpc) is 2.57. The summed E-state index contributed by atoms with van der Waals surface area (Å²) in [7, 11) is 0. The number of hydrogen-bond donors (Lipinski definition) is 2. The van der Waals surface area contributed by atoms with Crippen molar-refractivity contribution in [2.45, 2.75) is 11.8 Å². The van der Waals surface area contributed by atoms with Crippen LogP contribution < -0.4 is 11.5 Å². The second-order valence-electron chi connectivity index (χ2n) is 6.50. The van der Waals surface area contributed by atoms with E-state index in [0.717, 1.165) is 20.3 Å². The first-order valence-corrected chi connectivity index (χ1v) is 9.41. The third kappa shape index (κ3) is 1.76. The van der Waals surface area contributed by atoms with Gasteiger partial charge in [0.1, 0.15) is 0 Å². The molecule has 0 saturated heterocycles. The van der Waals surface area contributed by atoms with E-state index in [1.165, 1.54) is 33.4 Å². The molecule has 0 saturated carbocycles. The van der Waals surface area contributed by atoms with Gasteiger partial charge in [-0.3, -0.25) is 0 Å². The summed E-state index contributed by atoms with van der Waals surface area (Å²) >= 11 is 7.19. The number of hydrogen-bond acceptors (Lipinski definition) is 2. The van der Waals surface area contributed by atoms with Crippen LogP contribution in [0.2, 0.25) is 0 Å². The Morgan fingerprint density at radius 2 is 0.958 bits per heavy atom. The van der Waals surface area contributed by atoms with Gasteiger partial charge in [-0.1, -0.05) is 24.3 Å². The third-order valence-corrected chi connectivity index (χ3v) is 6.64. The van der Waals surface area contributed by atoms with E-state index >= 15 is 0 Å². The number of rotatable bonds is 0. The van der Waals surface area contributed by atoms with Crippen molar-refractivity contribution in [2.24, 2.45) is 0 Å². The van der Waals surface area contributed by atoms with E-state index in [9.17, 15) is 0 Å². The van der Waals surface area contributed by atoms with E-state index in [-0.39, 0.29) is 11.8 Å². The Morgan fingerprint density at radius 1 is 0.583 bits per heavy atom. The summed E-state index contributed by atoms with van der Waals surface area (Å²) in [5, 5.41) is 0. The van der Waals surface area contributed by atoms with E-state index in [1.54, 1.807) is 0 Å². The standard InChI is InChI=1S/C20H14Br2N2/c21-15-5-11-14(8-18(15)24)20-10-4-2-1-3-9(10)19(11)13-7-17(23)16(22)6-12(13)20/h1-8,19-20H,23-24H2/t19-,20+. The molecule has 0 fully saturated rings. The highest BCUT2D eigenvalue weighted by molar-refractivity contribution is 9.11. The third-order valence-electron chi connectivity index (χ3n) is 5.27. The topological polar surface area (TPSA) is 52.0 Å². The number of benzene rings is 3. The van der Waals surface area contributed by atoms with Gasteiger partial charge in [-0.2, -0.15) is 0 Å². The van der Waals surface area contributed by atoms with Crippen molar-refractivity contribution < 1.29 is 0 Å². The van der Waals surface area contributed by atoms with Gasteiger partial charge in [0.25, 0.3) is 0 Å².